The van der Waals surface area contributed by atoms with Crippen LogP contribution in [0.25, 0.3) is 0 Å². The van der Waals surface area contributed by atoms with Gasteiger partial charge in [0, 0.05) is 12.4 Å². The third-order valence-corrected chi connectivity index (χ3v) is 4.09. The van der Waals surface area contributed by atoms with Crippen LogP contribution in [0.1, 0.15) is 11.3 Å². The summed E-state index contributed by atoms with van der Waals surface area (Å²) in [6, 6.07) is 6.79. The molecule has 7 nitrogen and oxygen atoms in total. The normalized spacial score (nSPS) is 11.3. The van der Waals surface area contributed by atoms with Gasteiger partial charge in [-0.2, -0.15) is 0 Å². The molecule has 0 aromatic carbocycles. The molecule has 0 atom stereocenters. The summed E-state index contributed by atoms with van der Waals surface area (Å²) in [5.74, 6) is 5.28. The average molecular weight is 293 g/mol. The molecule has 8 heteroatoms. The minimum Gasteiger partial charge on any atom is -0.321 e. The monoisotopic (exact) mass is 293 g/mol. The number of nitrogens with one attached hydrogen (secondary N) is 2. The Kier molecular flexibility index (Phi) is 4.28. The number of hydrogen-bond donors (Lipinski definition) is 3. The van der Waals surface area contributed by atoms with E-state index >= 15 is 0 Å². The summed E-state index contributed by atoms with van der Waals surface area (Å²) in [4.78, 5) is 7.97. The van der Waals surface area contributed by atoms with Gasteiger partial charge < -0.3 is 5.43 Å². The number of nitrogens with two attached hydrogens (primary N) is 1. The maximum atomic E-state index is 12.2. The number of nitrogens with zero attached hydrogens (tertiary/aromatic N) is 2. The van der Waals surface area contributed by atoms with Crippen LogP contribution in [-0.2, 0) is 16.6 Å². The second-order valence-electron chi connectivity index (χ2n) is 4.09. The van der Waals surface area contributed by atoms with Crippen LogP contribution >= 0.6 is 0 Å². The molecule has 2 heterocycles. The van der Waals surface area contributed by atoms with Gasteiger partial charge in [0.25, 0.3) is 10.0 Å². The summed E-state index contributed by atoms with van der Waals surface area (Å²) in [7, 11) is -3.76. The van der Waals surface area contributed by atoms with E-state index in [2.05, 4.69) is 20.1 Å². The predicted octanol–water partition coefficient (Wildman–Crippen LogP) is 0.549. The Balaban J connectivity index is 2.22. The van der Waals surface area contributed by atoms with Crippen LogP contribution in [0, 0.1) is 6.92 Å². The van der Waals surface area contributed by atoms with Crippen molar-refractivity contribution in [3.05, 3.63) is 47.9 Å². The molecule has 2 rings (SSSR count). The van der Waals surface area contributed by atoms with Gasteiger partial charge in [-0.15, -0.1) is 0 Å². The fourth-order valence-electron chi connectivity index (χ4n) is 1.65. The number of aryl methyl sites for hydroxylation is 1. The van der Waals surface area contributed by atoms with E-state index in [1.807, 2.05) is 13.0 Å². The van der Waals surface area contributed by atoms with Crippen LogP contribution in [0.15, 0.2) is 41.7 Å². The third kappa shape index (κ3) is 3.10. The highest BCUT2D eigenvalue weighted by atomic mass is 32.2. The largest absolute Gasteiger partial charge is 0.321 e. The van der Waals surface area contributed by atoms with Crippen molar-refractivity contribution in [2.24, 2.45) is 5.84 Å². The van der Waals surface area contributed by atoms with Crippen LogP contribution in [0.5, 0.6) is 0 Å². The molecule has 0 amide bonds. The lowest BCUT2D eigenvalue weighted by molar-refractivity contribution is 0.576. The van der Waals surface area contributed by atoms with Gasteiger partial charge in [0.2, 0.25) is 0 Å². The molecular formula is C12H15N5O2S. The first-order valence-corrected chi connectivity index (χ1v) is 7.34. The summed E-state index contributed by atoms with van der Waals surface area (Å²) in [5.41, 5.74) is 4.12. The molecule has 2 aromatic heterocycles. The standard InChI is InChI=1S/C12H15N5O2S/c1-9-4-2-6-14-11(9)8-16-20(18,19)12-10(17-13)5-3-7-15-12/h2-7,16-17H,8,13H2,1H3. The number of sulfonamides is 1. The summed E-state index contributed by atoms with van der Waals surface area (Å²) >= 11 is 0. The van der Waals surface area contributed by atoms with E-state index in [0.29, 0.717) is 5.69 Å². The zero-order valence-corrected chi connectivity index (χ0v) is 11.7. The minimum atomic E-state index is -3.76. The van der Waals surface area contributed by atoms with Crippen molar-refractivity contribution < 1.29 is 8.42 Å². The molecule has 20 heavy (non-hydrogen) atoms. The van der Waals surface area contributed by atoms with Gasteiger partial charge in [0.15, 0.2) is 5.03 Å². The smallest absolute Gasteiger partial charge is 0.260 e. The van der Waals surface area contributed by atoms with Crippen molar-refractivity contribution in [2.45, 2.75) is 18.5 Å². The summed E-state index contributed by atoms with van der Waals surface area (Å²) in [6.07, 6.45) is 3.01. The van der Waals surface area contributed by atoms with Crippen LogP contribution in [0.3, 0.4) is 0 Å². The topological polar surface area (TPSA) is 110 Å². The zero-order chi connectivity index (χ0) is 14.6. The minimum absolute atomic E-state index is 0.0928. The molecule has 0 fully saturated rings. The lowest BCUT2D eigenvalue weighted by atomic mass is 10.2. The van der Waals surface area contributed by atoms with Gasteiger partial charge in [-0.1, -0.05) is 6.07 Å². The number of hydrogen-bond acceptors (Lipinski definition) is 6. The van der Waals surface area contributed by atoms with Gasteiger partial charge in [-0.3, -0.25) is 10.8 Å². The molecule has 0 unspecified atom stereocenters. The molecule has 0 bridgehead atoms. The van der Waals surface area contributed by atoms with Crippen LogP contribution in [0.2, 0.25) is 0 Å². The van der Waals surface area contributed by atoms with E-state index < -0.39 is 10.0 Å². The highest BCUT2D eigenvalue weighted by molar-refractivity contribution is 7.89. The lowest BCUT2D eigenvalue weighted by Gasteiger charge is -2.10. The van der Waals surface area contributed by atoms with Gasteiger partial charge in [-0.05, 0) is 30.7 Å². The quantitative estimate of drug-likeness (QED) is 0.548. The van der Waals surface area contributed by atoms with Gasteiger partial charge in [0.05, 0.1) is 17.9 Å². The van der Waals surface area contributed by atoms with Crippen LogP contribution in [0.4, 0.5) is 5.69 Å². The highest BCUT2D eigenvalue weighted by Gasteiger charge is 2.19. The molecule has 0 aliphatic carbocycles. The van der Waals surface area contributed by atoms with E-state index in [1.54, 1.807) is 18.3 Å². The molecule has 2 aromatic rings. The number of nitrogen functional groups attached to an aromatic ring is 1. The van der Waals surface area contributed by atoms with E-state index in [9.17, 15) is 8.42 Å². The Labute approximate surface area is 117 Å². The Hall–Kier alpha value is -2.03. The van der Waals surface area contributed by atoms with Gasteiger partial charge in [-0.25, -0.2) is 18.1 Å². The van der Waals surface area contributed by atoms with Crippen LogP contribution in [-0.4, -0.2) is 18.4 Å². The van der Waals surface area contributed by atoms with E-state index in [1.165, 1.54) is 12.3 Å². The number of pyridine rings is 2. The molecule has 4 N–H and O–H groups in total. The Morgan fingerprint density at radius 1 is 1.20 bits per heavy atom. The number of aromatic nitrogens is 2. The van der Waals surface area contributed by atoms with Gasteiger partial charge >= 0.3 is 0 Å². The molecule has 0 saturated heterocycles. The zero-order valence-electron chi connectivity index (χ0n) is 10.9. The summed E-state index contributed by atoms with van der Waals surface area (Å²) in [5, 5.41) is -0.143. The first kappa shape index (κ1) is 14.4. The average Bonchev–Trinajstić information content (AvgIpc) is 2.46. The fraction of sp³-hybridized carbons (Fsp3) is 0.167. The molecule has 0 radical (unpaired) electrons. The maximum absolute atomic E-state index is 12.2. The third-order valence-electron chi connectivity index (χ3n) is 2.73. The molecule has 0 aliphatic rings. The Bertz CT molecular complexity index is 702. The summed E-state index contributed by atoms with van der Waals surface area (Å²) in [6.45, 7) is 1.96. The molecule has 0 saturated carbocycles. The van der Waals surface area contributed by atoms with Gasteiger partial charge in [0.1, 0.15) is 0 Å². The number of anilines is 1. The van der Waals surface area contributed by atoms with Crippen LogP contribution < -0.4 is 16.0 Å². The first-order chi connectivity index (χ1) is 9.54. The second kappa shape index (κ2) is 5.95. The molecule has 0 aliphatic heterocycles. The SMILES string of the molecule is Cc1cccnc1CNS(=O)(=O)c1ncccc1NN. The molecule has 0 spiro atoms. The van der Waals surface area contributed by atoms with E-state index in [4.69, 9.17) is 5.84 Å². The molecule has 106 valence electrons. The number of rotatable bonds is 5. The first-order valence-electron chi connectivity index (χ1n) is 5.86. The predicted molar refractivity (Wildman–Crippen MR) is 75.0 cm³/mol. The van der Waals surface area contributed by atoms with Crippen molar-refractivity contribution in [1.29, 1.82) is 0 Å². The number of hydrazine groups is 1. The van der Waals surface area contributed by atoms with Crippen molar-refractivity contribution >= 4 is 15.7 Å². The lowest BCUT2D eigenvalue weighted by Crippen LogP contribution is -2.26. The maximum Gasteiger partial charge on any atom is 0.260 e. The Morgan fingerprint density at radius 3 is 2.60 bits per heavy atom. The summed E-state index contributed by atoms with van der Waals surface area (Å²) < 4.78 is 26.9. The van der Waals surface area contributed by atoms with E-state index in [0.717, 1.165) is 5.56 Å². The second-order valence-corrected chi connectivity index (χ2v) is 5.77. The fourth-order valence-corrected chi connectivity index (χ4v) is 2.73. The Morgan fingerprint density at radius 2 is 1.90 bits per heavy atom. The van der Waals surface area contributed by atoms with E-state index in [-0.39, 0.29) is 17.3 Å². The van der Waals surface area contributed by atoms with Crippen molar-refractivity contribution in [3.63, 3.8) is 0 Å². The molecular weight excluding hydrogens is 278 g/mol. The highest BCUT2D eigenvalue weighted by Crippen LogP contribution is 2.16. The van der Waals surface area contributed by atoms with Crippen molar-refractivity contribution in [2.75, 3.05) is 5.43 Å². The van der Waals surface area contributed by atoms with Crippen molar-refractivity contribution in [3.8, 4) is 0 Å². The van der Waals surface area contributed by atoms with Crippen molar-refractivity contribution in [1.82, 2.24) is 14.7 Å².